The normalized spacial score (nSPS) is 35.0. The molecule has 2 N–H and O–H groups in total. The van der Waals surface area contributed by atoms with Crippen LogP contribution in [0.5, 0.6) is 0 Å². The molecule has 4 aliphatic rings. The summed E-state index contributed by atoms with van der Waals surface area (Å²) in [6.45, 7) is 3.47. The topological polar surface area (TPSA) is 108 Å². The van der Waals surface area contributed by atoms with Gasteiger partial charge in [0.25, 0.3) is 0 Å². The first kappa shape index (κ1) is 21.2. The maximum Gasteiger partial charge on any atom is 0.327 e. The van der Waals surface area contributed by atoms with E-state index in [1.165, 1.54) is 11.3 Å². The fourth-order valence-corrected chi connectivity index (χ4v) is 9.93. The van der Waals surface area contributed by atoms with Crippen molar-refractivity contribution in [2.24, 2.45) is 35.5 Å². The SMILES string of the molecule is CC(C)[C@@H](C(=O)O)N1C(=O)[C@@H]2[C@@H]3C[C@H]([C@H]4Sc5[nH]c(=O)sc5[C@@H](c5ccccc5)[C@H]34)[C@@H]2C1=O. The summed E-state index contributed by atoms with van der Waals surface area (Å²) in [5.74, 6) is -2.94. The van der Waals surface area contributed by atoms with Crippen LogP contribution in [0.2, 0.25) is 0 Å². The average molecular weight is 485 g/mol. The van der Waals surface area contributed by atoms with E-state index >= 15 is 0 Å². The summed E-state index contributed by atoms with van der Waals surface area (Å²) in [6, 6.07) is 8.95. The van der Waals surface area contributed by atoms with E-state index < -0.39 is 23.8 Å². The molecule has 0 spiro atoms. The van der Waals surface area contributed by atoms with Gasteiger partial charge in [0.2, 0.25) is 11.8 Å². The van der Waals surface area contributed by atoms with E-state index in [0.29, 0.717) is 0 Å². The second-order valence-corrected chi connectivity index (χ2v) is 12.1. The van der Waals surface area contributed by atoms with Crippen LogP contribution in [0.3, 0.4) is 0 Å². The molecule has 9 heteroatoms. The molecule has 6 rings (SSSR count). The van der Waals surface area contributed by atoms with Crippen LogP contribution in [-0.2, 0) is 14.4 Å². The molecule has 3 fully saturated rings. The van der Waals surface area contributed by atoms with Gasteiger partial charge in [0.15, 0.2) is 0 Å². The van der Waals surface area contributed by atoms with Crippen LogP contribution in [0.4, 0.5) is 0 Å². The Bertz CT molecular complexity index is 1220. The minimum Gasteiger partial charge on any atom is -0.480 e. The lowest BCUT2D eigenvalue weighted by atomic mass is 9.68. The first-order chi connectivity index (χ1) is 15.8. The zero-order chi connectivity index (χ0) is 23.2. The minimum atomic E-state index is -1.13. The average Bonchev–Trinajstić information content (AvgIpc) is 3.49. The van der Waals surface area contributed by atoms with Crippen molar-refractivity contribution in [2.75, 3.05) is 0 Å². The number of nitrogens with zero attached hydrogens (tertiary/aromatic N) is 1. The lowest BCUT2D eigenvalue weighted by molar-refractivity contribution is -0.157. The highest BCUT2D eigenvalue weighted by atomic mass is 32.2. The second kappa shape index (κ2) is 7.30. The predicted molar refractivity (Wildman–Crippen MR) is 123 cm³/mol. The zero-order valence-electron chi connectivity index (χ0n) is 18.1. The number of aliphatic carboxylic acids is 1. The van der Waals surface area contributed by atoms with E-state index in [1.807, 2.05) is 18.2 Å². The number of benzene rings is 1. The standard InChI is InChI=1S/C24H24N2O5S2/c1-9(2)17(23(29)30)26-21(27)15-11-8-12(16(15)22(26)28)18-14(11)13(10-6-4-3-5-7-10)19-20(32-18)25-24(31)33-19/h3-7,9,11-18H,8H2,1-2H3,(H,25,31)(H,29,30)/t11-,12+,13+,14+,15-,16+,17+,18-/m1/s1. The van der Waals surface area contributed by atoms with Crippen molar-refractivity contribution in [3.63, 3.8) is 0 Å². The molecule has 2 aliphatic carbocycles. The molecule has 2 saturated carbocycles. The highest BCUT2D eigenvalue weighted by Crippen LogP contribution is 2.68. The van der Waals surface area contributed by atoms with Crippen LogP contribution < -0.4 is 4.87 Å². The van der Waals surface area contributed by atoms with Crippen molar-refractivity contribution in [2.45, 2.75) is 42.5 Å². The first-order valence-electron chi connectivity index (χ1n) is 11.3. The van der Waals surface area contributed by atoms with Gasteiger partial charge in [-0.25, -0.2) is 4.79 Å². The van der Waals surface area contributed by atoms with Crippen LogP contribution in [-0.4, -0.2) is 44.1 Å². The van der Waals surface area contributed by atoms with Gasteiger partial charge in [-0.2, -0.15) is 0 Å². The number of thioether (sulfide) groups is 1. The molecule has 3 heterocycles. The van der Waals surface area contributed by atoms with Crippen molar-refractivity contribution in [1.29, 1.82) is 0 Å². The number of carbonyl (C=O) groups is 3. The third kappa shape index (κ3) is 2.81. The Morgan fingerprint density at radius 2 is 1.76 bits per heavy atom. The summed E-state index contributed by atoms with van der Waals surface area (Å²) in [6.07, 6.45) is 0.797. The van der Waals surface area contributed by atoms with Crippen molar-refractivity contribution in [3.05, 3.63) is 50.4 Å². The molecule has 0 unspecified atom stereocenters. The summed E-state index contributed by atoms with van der Waals surface area (Å²) < 4.78 is 0. The van der Waals surface area contributed by atoms with Gasteiger partial charge >= 0.3 is 10.8 Å². The quantitative estimate of drug-likeness (QED) is 0.646. The third-order valence-corrected chi connectivity index (χ3v) is 10.7. The molecule has 1 saturated heterocycles. The summed E-state index contributed by atoms with van der Waals surface area (Å²) in [5.41, 5.74) is 1.12. The van der Waals surface area contributed by atoms with Gasteiger partial charge in [0.1, 0.15) is 6.04 Å². The number of likely N-dealkylation sites (tertiary alicyclic amines) is 1. The van der Waals surface area contributed by atoms with Gasteiger partial charge in [-0.3, -0.25) is 19.3 Å². The number of carbonyl (C=O) groups excluding carboxylic acids is 2. The largest absolute Gasteiger partial charge is 0.480 e. The van der Waals surface area contributed by atoms with Gasteiger partial charge in [0, 0.05) is 16.0 Å². The first-order valence-corrected chi connectivity index (χ1v) is 13.0. The van der Waals surface area contributed by atoms with E-state index in [2.05, 4.69) is 17.1 Å². The number of hydrogen-bond acceptors (Lipinski definition) is 6. The third-order valence-electron chi connectivity index (χ3n) is 8.08. The molecule has 2 aromatic rings. The monoisotopic (exact) mass is 484 g/mol. The molecule has 1 aromatic heterocycles. The maximum absolute atomic E-state index is 13.6. The summed E-state index contributed by atoms with van der Waals surface area (Å²) in [7, 11) is 0. The number of H-pyrrole nitrogens is 1. The molecule has 1 aromatic carbocycles. The molecule has 8 atom stereocenters. The van der Waals surface area contributed by atoms with Gasteiger partial charge in [-0.15, -0.1) is 11.8 Å². The summed E-state index contributed by atoms with van der Waals surface area (Å²) in [4.78, 5) is 56.3. The van der Waals surface area contributed by atoms with Crippen molar-refractivity contribution in [3.8, 4) is 0 Å². The number of nitrogens with one attached hydrogen (secondary N) is 1. The number of imide groups is 1. The number of carboxylic acid groups (broad SMARTS) is 1. The fourth-order valence-electron chi connectivity index (χ4n) is 7.04. The van der Waals surface area contributed by atoms with Gasteiger partial charge < -0.3 is 10.1 Å². The van der Waals surface area contributed by atoms with Crippen LogP contribution in [0, 0.1) is 35.5 Å². The number of aromatic amines is 1. The molecule has 0 radical (unpaired) electrons. The Morgan fingerprint density at radius 1 is 1.09 bits per heavy atom. The van der Waals surface area contributed by atoms with E-state index in [9.17, 15) is 24.3 Å². The van der Waals surface area contributed by atoms with Crippen molar-refractivity contribution >= 4 is 40.9 Å². The van der Waals surface area contributed by atoms with Crippen molar-refractivity contribution < 1.29 is 19.5 Å². The van der Waals surface area contributed by atoms with Gasteiger partial charge in [-0.05, 0) is 35.7 Å². The lowest BCUT2D eigenvalue weighted by Crippen LogP contribution is -2.49. The van der Waals surface area contributed by atoms with E-state index in [-0.39, 0.29) is 51.5 Å². The molecule has 172 valence electrons. The fraction of sp³-hybridized carbons (Fsp3) is 0.500. The zero-order valence-corrected chi connectivity index (χ0v) is 19.8. The number of carboxylic acids is 1. The predicted octanol–water partition coefficient (Wildman–Crippen LogP) is 3.02. The Hall–Kier alpha value is -2.39. The van der Waals surface area contributed by atoms with E-state index in [1.54, 1.807) is 25.6 Å². The van der Waals surface area contributed by atoms with Crippen LogP contribution in [0.15, 0.2) is 40.2 Å². The summed E-state index contributed by atoms with van der Waals surface area (Å²) in [5, 5.41) is 10.8. The Balaban J connectivity index is 1.44. The number of thiazole rings is 1. The number of hydrogen-bond donors (Lipinski definition) is 2. The van der Waals surface area contributed by atoms with Gasteiger partial charge in [-0.1, -0.05) is 55.5 Å². The lowest BCUT2D eigenvalue weighted by Gasteiger charge is -2.43. The molecule has 33 heavy (non-hydrogen) atoms. The molecular formula is C24H24N2O5S2. The Morgan fingerprint density at radius 3 is 2.39 bits per heavy atom. The number of amides is 2. The molecule has 2 aliphatic heterocycles. The van der Waals surface area contributed by atoms with Crippen LogP contribution in [0.25, 0.3) is 0 Å². The Kier molecular flexibility index (Phi) is 4.68. The molecular weight excluding hydrogens is 460 g/mol. The maximum atomic E-state index is 13.6. The molecule has 2 amide bonds. The highest BCUT2D eigenvalue weighted by Gasteiger charge is 2.70. The van der Waals surface area contributed by atoms with Crippen LogP contribution >= 0.6 is 23.1 Å². The minimum absolute atomic E-state index is 0.000761. The van der Waals surface area contributed by atoms with Crippen molar-refractivity contribution in [1.82, 2.24) is 9.88 Å². The smallest absolute Gasteiger partial charge is 0.327 e. The molecule has 2 bridgehead atoms. The van der Waals surface area contributed by atoms with Crippen LogP contribution in [0.1, 0.15) is 36.6 Å². The molecule has 7 nitrogen and oxygen atoms in total. The summed E-state index contributed by atoms with van der Waals surface area (Å²) >= 11 is 2.88. The van der Waals surface area contributed by atoms with Gasteiger partial charge in [0.05, 0.1) is 16.9 Å². The van der Waals surface area contributed by atoms with E-state index in [4.69, 9.17) is 0 Å². The number of aromatic nitrogens is 1. The Labute approximate surface area is 198 Å². The second-order valence-electron chi connectivity index (χ2n) is 9.94. The highest BCUT2D eigenvalue weighted by molar-refractivity contribution is 8.00. The number of rotatable bonds is 4. The number of fused-ring (bicyclic) bond motifs is 9. The van der Waals surface area contributed by atoms with E-state index in [0.717, 1.165) is 26.8 Å².